The number of rotatable bonds is 5. The fourth-order valence-corrected chi connectivity index (χ4v) is 5.82. The van der Waals surface area contributed by atoms with Gasteiger partial charge in [-0.05, 0) is 91.5 Å². The topological polar surface area (TPSA) is 110 Å². The molecule has 2 unspecified atom stereocenters. The van der Waals surface area contributed by atoms with Gasteiger partial charge in [0, 0.05) is 56.3 Å². The lowest BCUT2D eigenvalue weighted by atomic mass is 9.91. The maximum Gasteiger partial charge on any atom is 0.258 e. The van der Waals surface area contributed by atoms with Gasteiger partial charge < -0.3 is 9.73 Å². The first-order chi connectivity index (χ1) is 21.8. The molecule has 224 valence electrons. The molecule has 0 fully saturated rings. The summed E-state index contributed by atoms with van der Waals surface area (Å²) in [5.41, 5.74) is 5.79. The predicted molar refractivity (Wildman–Crippen MR) is 179 cm³/mol. The van der Waals surface area contributed by atoms with Gasteiger partial charge in [-0.2, -0.15) is 4.39 Å². The molecule has 0 aliphatic carbocycles. The van der Waals surface area contributed by atoms with Crippen LogP contribution >= 0.6 is 31.9 Å². The summed E-state index contributed by atoms with van der Waals surface area (Å²) in [6, 6.07) is 23.4. The van der Waals surface area contributed by atoms with Crippen LogP contribution in [0.15, 0.2) is 116 Å². The third-order valence-electron chi connectivity index (χ3n) is 7.59. The van der Waals surface area contributed by atoms with Crippen LogP contribution in [0, 0.1) is 5.95 Å². The molecular weight excluding hydrogens is 703 g/mol. The maximum atomic E-state index is 14.0. The molecule has 7 rings (SSSR count). The minimum Gasteiger partial charge on any atom is -0.411 e. The summed E-state index contributed by atoms with van der Waals surface area (Å²) >= 11 is 6.71. The van der Waals surface area contributed by atoms with E-state index in [2.05, 4.69) is 87.2 Å². The van der Waals surface area contributed by atoms with Crippen molar-refractivity contribution in [2.24, 2.45) is 5.16 Å². The zero-order valence-electron chi connectivity index (χ0n) is 24.1. The van der Waals surface area contributed by atoms with Crippen LogP contribution in [0.3, 0.4) is 0 Å². The van der Waals surface area contributed by atoms with E-state index in [9.17, 15) is 9.60 Å². The highest BCUT2D eigenvalue weighted by atomic mass is 79.9. The lowest BCUT2D eigenvalue weighted by Gasteiger charge is -2.15. The lowest BCUT2D eigenvalue weighted by Crippen LogP contribution is -2.14. The molecule has 0 amide bonds. The van der Waals surface area contributed by atoms with Crippen molar-refractivity contribution in [3.05, 3.63) is 135 Å². The summed E-state index contributed by atoms with van der Waals surface area (Å²) in [6.07, 6.45) is 6.61. The Balaban J connectivity index is 0.000000159. The zero-order valence-corrected chi connectivity index (χ0v) is 27.2. The largest absolute Gasteiger partial charge is 0.411 e. The first-order valence-corrected chi connectivity index (χ1v) is 15.5. The van der Waals surface area contributed by atoms with Gasteiger partial charge in [-0.1, -0.05) is 48.4 Å². The van der Waals surface area contributed by atoms with Gasteiger partial charge in [0.25, 0.3) is 5.71 Å². The van der Waals surface area contributed by atoms with Gasteiger partial charge in [-0.3, -0.25) is 9.97 Å². The second-order valence-electron chi connectivity index (χ2n) is 10.4. The van der Waals surface area contributed by atoms with E-state index < -0.39 is 5.95 Å². The van der Waals surface area contributed by atoms with Gasteiger partial charge in [0.05, 0.1) is 27.7 Å². The van der Waals surface area contributed by atoms with E-state index >= 15 is 0 Å². The summed E-state index contributed by atoms with van der Waals surface area (Å²) in [7, 11) is 0. The zero-order chi connectivity index (χ0) is 31.5. The van der Waals surface area contributed by atoms with Gasteiger partial charge in [-0.15, -0.1) is 0 Å². The van der Waals surface area contributed by atoms with Crippen LogP contribution in [0.2, 0.25) is 0 Å². The average Bonchev–Trinajstić information content (AvgIpc) is 3.49. The van der Waals surface area contributed by atoms with Crippen LogP contribution in [0.4, 0.5) is 4.39 Å². The molecule has 5 aromatic heterocycles. The molecule has 8 nitrogen and oxygen atoms in total. The van der Waals surface area contributed by atoms with Gasteiger partial charge in [0.1, 0.15) is 5.69 Å². The number of fused-ring (bicyclic) bond motifs is 3. The highest BCUT2D eigenvalue weighted by molar-refractivity contribution is 9.10. The van der Waals surface area contributed by atoms with E-state index in [4.69, 9.17) is 4.52 Å². The Bertz CT molecular complexity index is 2190. The molecule has 45 heavy (non-hydrogen) atoms. The number of nitrogens with zero attached hydrogens (tertiary/aromatic N) is 6. The Morgan fingerprint density at radius 3 is 2.11 bits per heavy atom. The van der Waals surface area contributed by atoms with Crippen molar-refractivity contribution in [2.45, 2.75) is 25.7 Å². The molecule has 0 saturated heterocycles. The minimum atomic E-state index is -0.671. The number of pyridine rings is 4. The van der Waals surface area contributed by atoms with Gasteiger partial charge >= 0.3 is 0 Å². The molecule has 5 heterocycles. The summed E-state index contributed by atoms with van der Waals surface area (Å²) in [5.74, 6) is -0.868. The number of benzene rings is 2. The first-order valence-electron chi connectivity index (χ1n) is 14.0. The summed E-state index contributed by atoms with van der Waals surface area (Å²) < 4.78 is 20.9. The van der Waals surface area contributed by atoms with Gasteiger partial charge in [-0.25, -0.2) is 9.97 Å². The Labute approximate surface area is 274 Å². The second-order valence-corrected chi connectivity index (χ2v) is 12.2. The molecule has 0 aliphatic heterocycles. The molecule has 11 heteroatoms. The van der Waals surface area contributed by atoms with Crippen LogP contribution in [0.25, 0.3) is 32.9 Å². The van der Waals surface area contributed by atoms with Gasteiger partial charge in [0.2, 0.25) is 5.95 Å². The Kier molecular flexibility index (Phi) is 8.90. The summed E-state index contributed by atoms with van der Waals surface area (Å²) in [5, 5.41) is 20.0. The van der Waals surface area contributed by atoms with Crippen molar-refractivity contribution in [1.82, 2.24) is 25.1 Å². The Morgan fingerprint density at radius 2 is 1.42 bits per heavy atom. The highest BCUT2D eigenvalue weighted by Crippen LogP contribution is 2.32. The molecule has 0 bridgehead atoms. The molecular formula is C34H25Br2FN6O2. The van der Waals surface area contributed by atoms with E-state index in [1.807, 2.05) is 55.5 Å². The summed E-state index contributed by atoms with van der Waals surface area (Å²) in [4.78, 5) is 16.5. The van der Waals surface area contributed by atoms with E-state index in [0.29, 0.717) is 10.2 Å². The van der Waals surface area contributed by atoms with E-state index in [-0.39, 0.29) is 23.1 Å². The van der Waals surface area contributed by atoms with Gasteiger partial charge in [0.15, 0.2) is 0 Å². The number of hydrogen-bond acceptors (Lipinski definition) is 8. The SMILES string of the molecule is CC(/C(=N/O)c1cc(Br)cnc1F)c1ccc2ncccc2c1.CC(c1ccc2ncccc2c1)c1noc2ncc(Br)cc12. The van der Waals surface area contributed by atoms with E-state index in [1.54, 1.807) is 24.7 Å². The number of halogens is 3. The van der Waals surface area contributed by atoms with Crippen molar-refractivity contribution in [3.63, 3.8) is 0 Å². The average molecular weight is 728 g/mol. The fraction of sp³-hybridized carbons (Fsp3) is 0.118. The third kappa shape index (κ3) is 6.45. The van der Waals surface area contributed by atoms with E-state index in [0.717, 1.165) is 42.9 Å². The third-order valence-corrected chi connectivity index (χ3v) is 8.46. The Hall–Kier alpha value is -4.61. The van der Waals surface area contributed by atoms with Crippen LogP contribution in [0.5, 0.6) is 0 Å². The van der Waals surface area contributed by atoms with Crippen LogP contribution in [-0.2, 0) is 0 Å². The van der Waals surface area contributed by atoms with Crippen molar-refractivity contribution < 1.29 is 14.1 Å². The maximum absolute atomic E-state index is 14.0. The van der Waals surface area contributed by atoms with Crippen LogP contribution in [-0.4, -0.2) is 36.0 Å². The monoisotopic (exact) mass is 726 g/mol. The smallest absolute Gasteiger partial charge is 0.258 e. The first kappa shape index (κ1) is 30.4. The fourth-order valence-electron chi connectivity index (χ4n) is 5.16. The lowest BCUT2D eigenvalue weighted by molar-refractivity contribution is 0.317. The summed E-state index contributed by atoms with van der Waals surface area (Å²) in [6.45, 7) is 3.97. The molecule has 1 N–H and O–H groups in total. The number of hydrogen-bond donors (Lipinski definition) is 1. The molecule has 0 radical (unpaired) electrons. The van der Waals surface area contributed by atoms with Crippen molar-refractivity contribution in [3.8, 4) is 0 Å². The molecule has 2 aromatic carbocycles. The molecule has 2 atom stereocenters. The predicted octanol–water partition coefficient (Wildman–Crippen LogP) is 9.20. The minimum absolute atomic E-state index is 0.113. The van der Waals surface area contributed by atoms with Crippen LogP contribution < -0.4 is 0 Å². The van der Waals surface area contributed by atoms with Crippen LogP contribution in [0.1, 0.15) is 48.1 Å². The molecule has 0 spiro atoms. The number of oxime groups is 1. The normalized spacial score (nSPS) is 13.0. The highest BCUT2D eigenvalue weighted by Gasteiger charge is 2.21. The van der Waals surface area contributed by atoms with Crippen molar-refractivity contribution >= 4 is 70.5 Å². The standard InChI is InChI=1S/C17H13BrFN3O.C17H12BrN3O/c1-10(11-4-5-15-12(7-11)3-2-6-20-15)16(22-23)14-8-13(18)9-21-17(14)19;1-10(11-4-5-15-12(7-11)3-2-6-19-15)16-14-8-13(18)9-20-17(14)22-21-16/h2-10,23H,1H3;2-10H,1H3/b22-16-;. The number of aromatic nitrogens is 5. The molecule has 0 aliphatic rings. The Morgan fingerprint density at radius 1 is 0.800 bits per heavy atom. The van der Waals surface area contributed by atoms with Crippen molar-refractivity contribution in [1.29, 1.82) is 0 Å². The molecule has 7 aromatic rings. The van der Waals surface area contributed by atoms with E-state index in [1.165, 1.54) is 11.8 Å². The second kappa shape index (κ2) is 13.2. The van der Waals surface area contributed by atoms with Crippen molar-refractivity contribution in [2.75, 3.05) is 0 Å². The quantitative estimate of drug-likeness (QED) is 0.0815. The molecule has 0 saturated carbocycles.